The van der Waals surface area contributed by atoms with Gasteiger partial charge in [-0.1, -0.05) is 24.3 Å². The molecule has 8 heteroatoms. The van der Waals surface area contributed by atoms with Crippen molar-refractivity contribution in [3.63, 3.8) is 0 Å². The fourth-order valence-corrected chi connectivity index (χ4v) is 3.69. The lowest BCUT2D eigenvalue weighted by molar-refractivity contribution is -0.127. The second-order valence-corrected chi connectivity index (χ2v) is 7.72. The predicted molar refractivity (Wildman–Crippen MR) is 108 cm³/mol. The average Bonchev–Trinajstić information content (AvgIpc) is 3.27. The van der Waals surface area contributed by atoms with Gasteiger partial charge in [0.15, 0.2) is 11.9 Å². The molecular formula is C20H22N4O3S. The van der Waals surface area contributed by atoms with Gasteiger partial charge in [0.2, 0.25) is 0 Å². The first kappa shape index (κ1) is 18.5. The van der Waals surface area contributed by atoms with Crippen LogP contribution in [0.4, 0.5) is 0 Å². The number of nitrogens with one attached hydrogen (secondary N) is 1. The maximum absolute atomic E-state index is 12.7. The van der Waals surface area contributed by atoms with Crippen LogP contribution in [-0.4, -0.2) is 32.9 Å². The van der Waals surface area contributed by atoms with E-state index in [9.17, 15) is 9.59 Å². The number of aromatic nitrogens is 3. The molecule has 0 bridgehead atoms. The molecule has 3 aromatic rings. The highest BCUT2D eigenvalue weighted by atomic mass is 32.1. The Morgan fingerprint density at radius 2 is 2.07 bits per heavy atom. The Labute approximate surface area is 166 Å². The molecule has 1 aromatic carbocycles. The lowest BCUT2D eigenvalue weighted by Gasteiger charge is -2.14. The third kappa shape index (κ3) is 4.01. The van der Waals surface area contributed by atoms with Gasteiger partial charge < -0.3 is 10.1 Å². The Hall–Kier alpha value is -2.87. The van der Waals surface area contributed by atoms with Gasteiger partial charge in [-0.2, -0.15) is 0 Å². The Balaban J connectivity index is 1.38. The molecule has 1 amide bonds. The first-order chi connectivity index (χ1) is 13.6. The Kier molecular flexibility index (Phi) is 5.29. The Bertz CT molecular complexity index is 990. The van der Waals surface area contributed by atoms with Gasteiger partial charge in [0.05, 0.1) is 11.4 Å². The zero-order valence-electron chi connectivity index (χ0n) is 15.6. The highest BCUT2D eigenvalue weighted by molar-refractivity contribution is 7.13. The monoisotopic (exact) mass is 398 g/mol. The van der Waals surface area contributed by atoms with Crippen LogP contribution in [0.25, 0.3) is 10.7 Å². The van der Waals surface area contributed by atoms with Gasteiger partial charge in [-0.25, -0.2) is 9.48 Å². The van der Waals surface area contributed by atoms with Crippen LogP contribution in [-0.2, 0) is 11.3 Å². The third-order valence-electron chi connectivity index (χ3n) is 4.57. The summed E-state index contributed by atoms with van der Waals surface area (Å²) in [5.41, 5.74) is -0.117. The third-order valence-corrected chi connectivity index (χ3v) is 5.44. The standard InChI is InChI=1S/C20H22N4O3S/c1-14(27-16-6-3-2-4-7-16)19(25)21-11-12-23-20(26)24(15-9-10-15)18(22-23)17-8-5-13-28-17/h2-8,13-15H,9-12H2,1H3,(H,21,25). The largest absolute Gasteiger partial charge is 0.481 e. The molecule has 1 aliphatic carbocycles. The number of carbonyl (C=O) groups excluding carboxylic acids is 1. The molecule has 0 spiro atoms. The van der Waals surface area contributed by atoms with Crippen molar-refractivity contribution in [2.75, 3.05) is 6.54 Å². The Morgan fingerprint density at radius 3 is 2.75 bits per heavy atom. The number of ether oxygens (including phenoxy) is 1. The summed E-state index contributed by atoms with van der Waals surface area (Å²) < 4.78 is 8.84. The summed E-state index contributed by atoms with van der Waals surface area (Å²) in [6, 6.07) is 13.4. The molecule has 1 saturated carbocycles. The van der Waals surface area contributed by atoms with Crippen LogP contribution in [0.2, 0.25) is 0 Å². The van der Waals surface area contributed by atoms with E-state index in [-0.39, 0.29) is 17.6 Å². The number of para-hydroxylation sites is 1. The minimum absolute atomic E-state index is 0.117. The van der Waals surface area contributed by atoms with Gasteiger partial charge in [-0.05, 0) is 43.3 Å². The number of carbonyl (C=O) groups is 1. The Morgan fingerprint density at radius 1 is 1.29 bits per heavy atom. The number of thiophene rings is 1. The molecule has 1 unspecified atom stereocenters. The van der Waals surface area contributed by atoms with E-state index < -0.39 is 6.10 Å². The molecule has 146 valence electrons. The van der Waals surface area contributed by atoms with E-state index in [0.717, 1.165) is 23.5 Å². The summed E-state index contributed by atoms with van der Waals surface area (Å²) in [4.78, 5) is 26.0. The molecule has 2 heterocycles. The van der Waals surface area contributed by atoms with Gasteiger partial charge in [-0.3, -0.25) is 9.36 Å². The van der Waals surface area contributed by atoms with Crippen LogP contribution < -0.4 is 15.7 Å². The SMILES string of the molecule is CC(Oc1ccccc1)C(=O)NCCn1nc(-c2cccs2)n(C2CC2)c1=O. The average molecular weight is 398 g/mol. The van der Waals surface area contributed by atoms with E-state index in [1.807, 2.05) is 35.7 Å². The minimum Gasteiger partial charge on any atom is -0.481 e. The maximum Gasteiger partial charge on any atom is 0.346 e. The second-order valence-electron chi connectivity index (χ2n) is 6.77. The minimum atomic E-state index is -0.621. The van der Waals surface area contributed by atoms with Crippen molar-refractivity contribution in [2.24, 2.45) is 0 Å². The molecule has 1 aliphatic rings. The van der Waals surface area contributed by atoms with Gasteiger partial charge in [-0.15, -0.1) is 16.4 Å². The smallest absolute Gasteiger partial charge is 0.346 e. The summed E-state index contributed by atoms with van der Waals surface area (Å²) >= 11 is 1.57. The molecule has 28 heavy (non-hydrogen) atoms. The molecule has 1 N–H and O–H groups in total. The van der Waals surface area contributed by atoms with Crippen LogP contribution in [0.1, 0.15) is 25.8 Å². The fraction of sp³-hybridized carbons (Fsp3) is 0.350. The number of amides is 1. The molecule has 7 nitrogen and oxygen atoms in total. The van der Waals surface area contributed by atoms with Crippen LogP contribution in [0, 0.1) is 0 Å². The maximum atomic E-state index is 12.7. The van der Waals surface area contributed by atoms with Crippen molar-refractivity contribution in [1.29, 1.82) is 0 Å². The van der Waals surface area contributed by atoms with Crippen molar-refractivity contribution in [2.45, 2.75) is 38.5 Å². The number of hydrogen-bond acceptors (Lipinski definition) is 5. The summed E-state index contributed by atoms with van der Waals surface area (Å²) in [6.45, 7) is 2.33. The van der Waals surface area contributed by atoms with Gasteiger partial charge in [0, 0.05) is 12.6 Å². The topological polar surface area (TPSA) is 78.2 Å². The highest BCUT2D eigenvalue weighted by Crippen LogP contribution is 2.37. The van der Waals surface area contributed by atoms with E-state index in [1.54, 1.807) is 35.0 Å². The van der Waals surface area contributed by atoms with Crippen molar-refractivity contribution in [3.05, 3.63) is 58.3 Å². The molecule has 0 aliphatic heterocycles. The lowest BCUT2D eigenvalue weighted by atomic mass is 10.3. The second kappa shape index (κ2) is 8.02. The van der Waals surface area contributed by atoms with Gasteiger partial charge >= 0.3 is 5.69 Å². The molecular weight excluding hydrogens is 376 g/mol. The quantitative estimate of drug-likeness (QED) is 0.633. The summed E-state index contributed by atoms with van der Waals surface area (Å²) in [5, 5.41) is 9.31. The van der Waals surface area contributed by atoms with Crippen LogP contribution in [0.5, 0.6) is 5.75 Å². The van der Waals surface area contributed by atoms with E-state index in [2.05, 4.69) is 10.4 Å². The zero-order valence-corrected chi connectivity index (χ0v) is 16.4. The first-order valence-electron chi connectivity index (χ1n) is 9.36. The van der Waals surface area contributed by atoms with Crippen molar-refractivity contribution in [1.82, 2.24) is 19.7 Å². The lowest BCUT2D eigenvalue weighted by Crippen LogP contribution is -2.39. The summed E-state index contributed by atoms with van der Waals surface area (Å²) in [7, 11) is 0. The molecule has 0 saturated heterocycles. The van der Waals surface area contributed by atoms with E-state index in [1.165, 1.54) is 4.68 Å². The number of rotatable bonds is 8. The van der Waals surface area contributed by atoms with E-state index in [4.69, 9.17) is 4.74 Å². The van der Waals surface area contributed by atoms with Crippen molar-refractivity contribution < 1.29 is 9.53 Å². The number of nitrogens with zero attached hydrogens (tertiary/aromatic N) is 3. The zero-order chi connectivity index (χ0) is 19.5. The molecule has 0 radical (unpaired) electrons. The summed E-state index contributed by atoms with van der Waals surface area (Å²) in [6.07, 6.45) is 1.40. The normalized spacial score (nSPS) is 14.6. The van der Waals surface area contributed by atoms with Gasteiger partial charge in [0.1, 0.15) is 5.75 Å². The first-order valence-corrected chi connectivity index (χ1v) is 10.2. The van der Waals surface area contributed by atoms with Crippen LogP contribution in [0.15, 0.2) is 52.6 Å². The van der Waals surface area contributed by atoms with Crippen LogP contribution >= 0.6 is 11.3 Å². The van der Waals surface area contributed by atoms with E-state index >= 15 is 0 Å². The predicted octanol–water partition coefficient (Wildman–Crippen LogP) is 2.69. The molecule has 4 rings (SSSR count). The van der Waals surface area contributed by atoms with Crippen LogP contribution in [0.3, 0.4) is 0 Å². The molecule has 1 atom stereocenters. The van der Waals surface area contributed by atoms with E-state index in [0.29, 0.717) is 18.8 Å². The number of hydrogen-bond donors (Lipinski definition) is 1. The highest BCUT2D eigenvalue weighted by Gasteiger charge is 2.30. The van der Waals surface area contributed by atoms with Gasteiger partial charge in [0.25, 0.3) is 5.91 Å². The fourth-order valence-electron chi connectivity index (χ4n) is 2.99. The van der Waals surface area contributed by atoms with Crippen molar-refractivity contribution in [3.8, 4) is 16.5 Å². The molecule has 1 fully saturated rings. The van der Waals surface area contributed by atoms with Crippen molar-refractivity contribution >= 4 is 17.2 Å². The summed E-state index contributed by atoms with van der Waals surface area (Å²) in [5.74, 6) is 1.14. The number of benzene rings is 1. The molecule has 2 aromatic heterocycles.